The van der Waals surface area contributed by atoms with E-state index in [2.05, 4.69) is 0 Å². The Kier molecular flexibility index (Phi) is 6.19. The third-order valence-corrected chi connectivity index (χ3v) is 3.97. The van der Waals surface area contributed by atoms with Gasteiger partial charge in [-0.2, -0.15) is 0 Å². The van der Waals surface area contributed by atoms with Crippen molar-refractivity contribution < 1.29 is 18.7 Å². The van der Waals surface area contributed by atoms with Crippen molar-refractivity contribution in [1.82, 2.24) is 4.90 Å². The monoisotopic (exact) mass is 309 g/mol. The minimum atomic E-state index is -0.387. The molecule has 1 heterocycles. The summed E-state index contributed by atoms with van der Waals surface area (Å²) < 4.78 is 24.8. The fraction of sp³-hybridized carbons (Fsp3) is 0.588. The summed E-state index contributed by atoms with van der Waals surface area (Å²) in [5, 5.41) is 0. The summed E-state index contributed by atoms with van der Waals surface area (Å²) >= 11 is 0. The summed E-state index contributed by atoms with van der Waals surface area (Å²) in [6, 6.07) is 4.90. The van der Waals surface area contributed by atoms with Crippen LogP contribution in [-0.4, -0.2) is 43.7 Å². The predicted octanol–water partition coefficient (Wildman–Crippen LogP) is 2.79. The smallest absolute Gasteiger partial charge is 0.227 e. The van der Waals surface area contributed by atoms with Crippen LogP contribution in [0.1, 0.15) is 31.7 Å². The number of nitrogens with zero attached hydrogens (tertiary/aromatic N) is 1. The normalized spacial score (nSPS) is 15.6. The van der Waals surface area contributed by atoms with Crippen molar-refractivity contribution in [3.8, 4) is 5.75 Å². The molecule has 1 aliphatic rings. The van der Waals surface area contributed by atoms with E-state index in [1.165, 1.54) is 6.07 Å². The van der Waals surface area contributed by atoms with Gasteiger partial charge < -0.3 is 14.4 Å². The third kappa shape index (κ3) is 4.44. The van der Waals surface area contributed by atoms with E-state index in [4.69, 9.17) is 9.47 Å². The molecule has 22 heavy (non-hydrogen) atoms. The van der Waals surface area contributed by atoms with Gasteiger partial charge >= 0.3 is 0 Å². The van der Waals surface area contributed by atoms with E-state index >= 15 is 0 Å². The van der Waals surface area contributed by atoms with Gasteiger partial charge in [0.1, 0.15) is 11.6 Å². The molecule has 1 saturated heterocycles. The van der Waals surface area contributed by atoms with Gasteiger partial charge in [-0.3, -0.25) is 4.79 Å². The Labute approximate surface area is 131 Å². The summed E-state index contributed by atoms with van der Waals surface area (Å²) in [7, 11) is 1.79. The molecule has 0 spiro atoms. The predicted molar refractivity (Wildman–Crippen MR) is 82.5 cm³/mol. The van der Waals surface area contributed by atoms with Crippen LogP contribution in [0.5, 0.6) is 5.75 Å². The molecular weight excluding hydrogens is 285 g/mol. The van der Waals surface area contributed by atoms with Crippen molar-refractivity contribution in [2.45, 2.75) is 38.6 Å². The maximum absolute atomic E-state index is 14.1. The number of carbonyl (C=O) groups is 1. The molecule has 1 amide bonds. The van der Waals surface area contributed by atoms with Gasteiger partial charge in [-0.05, 0) is 30.9 Å². The molecule has 5 heteroatoms. The van der Waals surface area contributed by atoms with Gasteiger partial charge in [0.15, 0.2) is 0 Å². The first-order chi connectivity index (χ1) is 10.6. The number of carbonyl (C=O) groups excluding carboxylic acids is 1. The molecule has 0 unspecified atom stereocenters. The highest BCUT2D eigenvalue weighted by molar-refractivity contribution is 5.79. The first-order valence-corrected chi connectivity index (χ1v) is 7.86. The fourth-order valence-corrected chi connectivity index (χ4v) is 2.54. The van der Waals surface area contributed by atoms with E-state index in [9.17, 15) is 9.18 Å². The van der Waals surface area contributed by atoms with Crippen LogP contribution in [-0.2, 0) is 16.0 Å². The molecule has 0 aliphatic carbocycles. The van der Waals surface area contributed by atoms with Gasteiger partial charge in [-0.25, -0.2) is 4.39 Å². The van der Waals surface area contributed by atoms with Crippen LogP contribution >= 0.6 is 0 Å². The van der Waals surface area contributed by atoms with Crippen LogP contribution < -0.4 is 4.74 Å². The lowest BCUT2D eigenvalue weighted by Gasteiger charge is -2.31. The third-order valence-electron chi connectivity index (χ3n) is 3.97. The second-order valence-electron chi connectivity index (χ2n) is 5.63. The zero-order valence-corrected chi connectivity index (χ0v) is 13.3. The van der Waals surface area contributed by atoms with Crippen molar-refractivity contribution in [2.24, 2.45) is 0 Å². The van der Waals surface area contributed by atoms with Crippen molar-refractivity contribution in [3.63, 3.8) is 0 Å². The Hall–Kier alpha value is -1.62. The molecule has 0 aromatic heterocycles. The number of rotatable bonds is 6. The molecule has 1 aromatic carbocycles. The van der Waals surface area contributed by atoms with Gasteiger partial charge in [0.2, 0.25) is 5.91 Å². The fourth-order valence-electron chi connectivity index (χ4n) is 2.54. The minimum Gasteiger partial charge on any atom is -0.494 e. The van der Waals surface area contributed by atoms with Crippen LogP contribution in [0.4, 0.5) is 4.39 Å². The Morgan fingerprint density at radius 1 is 1.41 bits per heavy atom. The maximum Gasteiger partial charge on any atom is 0.227 e. The van der Waals surface area contributed by atoms with Crippen molar-refractivity contribution in [2.75, 3.05) is 26.9 Å². The van der Waals surface area contributed by atoms with E-state index in [1.807, 2.05) is 6.92 Å². The molecule has 0 saturated carbocycles. The number of likely N-dealkylation sites (N-methyl/N-ethyl adjacent to an activating group) is 1. The first-order valence-electron chi connectivity index (χ1n) is 7.86. The quantitative estimate of drug-likeness (QED) is 0.811. The molecule has 1 fully saturated rings. The van der Waals surface area contributed by atoms with Crippen molar-refractivity contribution in [1.29, 1.82) is 0 Å². The Balaban J connectivity index is 1.95. The van der Waals surface area contributed by atoms with Crippen LogP contribution in [0.3, 0.4) is 0 Å². The molecule has 122 valence electrons. The minimum absolute atomic E-state index is 0.0620. The molecular formula is C17H24FNO3. The highest BCUT2D eigenvalue weighted by Crippen LogP contribution is 2.19. The average molecular weight is 309 g/mol. The van der Waals surface area contributed by atoms with Crippen LogP contribution in [0, 0.1) is 5.82 Å². The second-order valence-corrected chi connectivity index (χ2v) is 5.63. The lowest BCUT2D eigenvalue weighted by atomic mass is 10.1. The molecule has 0 N–H and O–H groups in total. The molecule has 4 nitrogen and oxygen atoms in total. The number of halogens is 1. The molecule has 1 aliphatic heterocycles. The SMILES string of the molecule is CCCOc1ccc(CC(=O)N(C)C2CCOCC2)c(F)c1. The zero-order chi connectivity index (χ0) is 15.9. The summed E-state index contributed by atoms with van der Waals surface area (Å²) in [6.45, 7) is 3.92. The van der Waals surface area contributed by atoms with Crippen LogP contribution in [0.2, 0.25) is 0 Å². The Morgan fingerprint density at radius 2 is 2.14 bits per heavy atom. The number of amides is 1. The molecule has 0 radical (unpaired) electrons. The largest absolute Gasteiger partial charge is 0.494 e. The van der Waals surface area contributed by atoms with Crippen molar-refractivity contribution in [3.05, 3.63) is 29.6 Å². The van der Waals surface area contributed by atoms with Gasteiger partial charge in [0, 0.05) is 32.4 Å². The highest BCUT2D eigenvalue weighted by atomic mass is 19.1. The Morgan fingerprint density at radius 3 is 2.77 bits per heavy atom. The number of hydrogen-bond acceptors (Lipinski definition) is 3. The molecule has 0 atom stereocenters. The highest BCUT2D eigenvalue weighted by Gasteiger charge is 2.23. The van der Waals surface area contributed by atoms with E-state index in [0.717, 1.165) is 19.3 Å². The van der Waals surface area contributed by atoms with E-state index in [-0.39, 0.29) is 24.2 Å². The number of benzene rings is 1. The lowest BCUT2D eigenvalue weighted by Crippen LogP contribution is -2.41. The number of hydrogen-bond donors (Lipinski definition) is 0. The first kappa shape index (κ1) is 16.7. The van der Waals surface area contributed by atoms with Gasteiger partial charge in [-0.1, -0.05) is 13.0 Å². The lowest BCUT2D eigenvalue weighted by molar-refractivity contribution is -0.132. The number of ether oxygens (including phenoxy) is 2. The van der Waals surface area contributed by atoms with Gasteiger partial charge in [0.25, 0.3) is 0 Å². The topological polar surface area (TPSA) is 38.8 Å². The summed E-state index contributed by atoms with van der Waals surface area (Å²) in [6.07, 6.45) is 2.63. The molecule has 0 bridgehead atoms. The van der Waals surface area contributed by atoms with E-state index < -0.39 is 0 Å². The van der Waals surface area contributed by atoms with E-state index in [1.54, 1.807) is 24.1 Å². The standard InChI is InChI=1S/C17H24FNO3/c1-3-8-22-15-5-4-13(16(18)12-15)11-17(20)19(2)14-6-9-21-10-7-14/h4-5,12,14H,3,6-11H2,1-2H3. The Bertz CT molecular complexity index is 501. The molecule has 1 aromatic rings. The van der Waals surface area contributed by atoms with Gasteiger partial charge in [0.05, 0.1) is 13.0 Å². The average Bonchev–Trinajstić information content (AvgIpc) is 2.55. The van der Waals surface area contributed by atoms with E-state index in [0.29, 0.717) is 31.1 Å². The zero-order valence-electron chi connectivity index (χ0n) is 13.3. The summed E-state index contributed by atoms with van der Waals surface area (Å²) in [5.74, 6) is 0.0590. The summed E-state index contributed by atoms with van der Waals surface area (Å²) in [5.41, 5.74) is 0.410. The van der Waals surface area contributed by atoms with Crippen LogP contribution in [0.25, 0.3) is 0 Å². The van der Waals surface area contributed by atoms with Gasteiger partial charge in [-0.15, -0.1) is 0 Å². The van der Waals surface area contributed by atoms with Crippen molar-refractivity contribution >= 4 is 5.91 Å². The summed E-state index contributed by atoms with van der Waals surface area (Å²) in [4.78, 5) is 14.0. The van der Waals surface area contributed by atoms with Crippen LogP contribution in [0.15, 0.2) is 18.2 Å². The molecule has 2 rings (SSSR count). The second kappa shape index (κ2) is 8.13. The maximum atomic E-state index is 14.1.